The maximum Gasteiger partial charge on any atom is 0.236 e. The van der Waals surface area contributed by atoms with Gasteiger partial charge in [0.15, 0.2) is 0 Å². The summed E-state index contributed by atoms with van der Waals surface area (Å²) in [5, 5.41) is 0. The summed E-state index contributed by atoms with van der Waals surface area (Å²) in [5.74, 6) is 2.66. The zero-order valence-corrected chi connectivity index (χ0v) is 12.2. The molecular weight excluding hydrogens is 248 g/mol. The highest BCUT2D eigenvalue weighted by atomic mass is 32.2. The second-order valence-electron chi connectivity index (χ2n) is 5.30. The van der Waals surface area contributed by atoms with Crippen LogP contribution in [0.2, 0.25) is 0 Å². The molecule has 1 amide bonds. The van der Waals surface area contributed by atoms with Crippen molar-refractivity contribution in [2.24, 2.45) is 0 Å². The van der Waals surface area contributed by atoms with Gasteiger partial charge in [0.1, 0.15) is 0 Å². The van der Waals surface area contributed by atoms with E-state index in [1.807, 2.05) is 30.5 Å². The van der Waals surface area contributed by atoms with Crippen LogP contribution in [0.25, 0.3) is 0 Å². The van der Waals surface area contributed by atoms with Gasteiger partial charge in [-0.1, -0.05) is 0 Å². The molecule has 2 atom stereocenters. The Balaban J connectivity index is 1.82. The van der Waals surface area contributed by atoms with Crippen LogP contribution < -0.4 is 0 Å². The third-order valence-corrected chi connectivity index (χ3v) is 4.49. The summed E-state index contributed by atoms with van der Waals surface area (Å²) in [5.41, 5.74) is 0. The minimum atomic E-state index is 0.164. The Hall–Kier alpha value is -0.260. The number of carbonyl (C=O) groups is 1. The molecule has 0 saturated carbocycles. The van der Waals surface area contributed by atoms with E-state index in [2.05, 4.69) is 4.90 Å². The molecule has 18 heavy (non-hydrogen) atoms. The monoisotopic (exact) mass is 272 g/mol. The van der Waals surface area contributed by atoms with Gasteiger partial charge in [-0.05, 0) is 32.6 Å². The zero-order chi connectivity index (χ0) is 13.0. The molecular formula is C13H24N2O2S. The number of morpholine rings is 1. The number of rotatable bonds is 2. The SMILES string of the molecule is CC1CN(C(=O)CN2CCCSCC2)CC(C)O1. The van der Waals surface area contributed by atoms with Gasteiger partial charge >= 0.3 is 0 Å². The predicted octanol–water partition coefficient (Wildman–Crippen LogP) is 1.06. The minimum Gasteiger partial charge on any atom is -0.372 e. The van der Waals surface area contributed by atoms with Crippen molar-refractivity contribution in [3.63, 3.8) is 0 Å². The molecule has 0 aliphatic carbocycles. The number of hydrogen-bond donors (Lipinski definition) is 0. The lowest BCUT2D eigenvalue weighted by molar-refractivity contribution is -0.144. The smallest absolute Gasteiger partial charge is 0.236 e. The first-order valence-electron chi connectivity index (χ1n) is 6.88. The van der Waals surface area contributed by atoms with E-state index in [4.69, 9.17) is 4.74 Å². The molecule has 4 nitrogen and oxygen atoms in total. The Labute approximate surface area is 114 Å². The Morgan fingerprint density at radius 1 is 1.22 bits per heavy atom. The van der Waals surface area contributed by atoms with E-state index < -0.39 is 0 Å². The molecule has 2 unspecified atom stereocenters. The standard InChI is InChI=1S/C13H24N2O2S/c1-11-8-15(9-12(2)17-11)13(16)10-14-4-3-6-18-7-5-14/h11-12H,3-10H2,1-2H3. The van der Waals surface area contributed by atoms with E-state index in [0.29, 0.717) is 6.54 Å². The average molecular weight is 272 g/mol. The van der Waals surface area contributed by atoms with Gasteiger partial charge in [-0.2, -0.15) is 11.8 Å². The molecule has 0 N–H and O–H groups in total. The maximum absolute atomic E-state index is 12.3. The summed E-state index contributed by atoms with van der Waals surface area (Å²) in [6.07, 6.45) is 1.53. The van der Waals surface area contributed by atoms with Crippen LogP contribution in [0.15, 0.2) is 0 Å². The third-order valence-electron chi connectivity index (χ3n) is 3.45. The fourth-order valence-corrected chi connectivity index (χ4v) is 3.55. The van der Waals surface area contributed by atoms with Crippen LogP contribution in [0.3, 0.4) is 0 Å². The Kier molecular flexibility index (Phi) is 5.33. The fourth-order valence-electron chi connectivity index (χ4n) is 2.63. The highest BCUT2D eigenvalue weighted by molar-refractivity contribution is 7.99. The molecule has 0 spiro atoms. The molecule has 2 aliphatic rings. The van der Waals surface area contributed by atoms with E-state index in [9.17, 15) is 4.79 Å². The van der Waals surface area contributed by atoms with E-state index in [0.717, 1.165) is 31.9 Å². The summed E-state index contributed by atoms with van der Waals surface area (Å²) in [7, 11) is 0. The second-order valence-corrected chi connectivity index (χ2v) is 6.52. The van der Waals surface area contributed by atoms with Crippen LogP contribution in [0.1, 0.15) is 20.3 Å². The summed E-state index contributed by atoms with van der Waals surface area (Å²) in [4.78, 5) is 16.6. The van der Waals surface area contributed by atoms with Crippen molar-refractivity contribution in [1.29, 1.82) is 0 Å². The van der Waals surface area contributed by atoms with Gasteiger partial charge in [0.2, 0.25) is 5.91 Å². The zero-order valence-electron chi connectivity index (χ0n) is 11.4. The van der Waals surface area contributed by atoms with Crippen LogP contribution >= 0.6 is 11.8 Å². The summed E-state index contributed by atoms with van der Waals surface area (Å²) in [6, 6.07) is 0. The first-order chi connectivity index (χ1) is 8.65. The number of carbonyl (C=O) groups excluding carboxylic acids is 1. The maximum atomic E-state index is 12.3. The van der Waals surface area contributed by atoms with Crippen LogP contribution in [-0.4, -0.2) is 72.1 Å². The molecule has 0 aromatic rings. The lowest BCUT2D eigenvalue weighted by Crippen LogP contribution is -2.51. The van der Waals surface area contributed by atoms with Crippen molar-refractivity contribution in [3.05, 3.63) is 0 Å². The number of ether oxygens (including phenoxy) is 1. The van der Waals surface area contributed by atoms with Gasteiger partial charge in [-0.15, -0.1) is 0 Å². The van der Waals surface area contributed by atoms with Crippen molar-refractivity contribution >= 4 is 17.7 Å². The Morgan fingerprint density at radius 3 is 2.67 bits per heavy atom. The lowest BCUT2D eigenvalue weighted by atomic mass is 10.2. The summed E-state index contributed by atoms with van der Waals surface area (Å²) < 4.78 is 5.67. The van der Waals surface area contributed by atoms with Gasteiger partial charge in [-0.3, -0.25) is 9.69 Å². The minimum absolute atomic E-state index is 0.164. The van der Waals surface area contributed by atoms with Crippen LogP contribution in [0.5, 0.6) is 0 Å². The van der Waals surface area contributed by atoms with Crippen LogP contribution in [-0.2, 0) is 9.53 Å². The van der Waals surface area contributed by atoms with Crippen molar-refractivity contribution in [2.45, 2.75) is 32.5 Å². The first kappa shape index (κ1) is 14.2. The molecule has 0 radical (unpaired) electrons. The largest absolute Gasteiger partial charge is 0.372 e. The number of nitrogens with zero attached hydrogens (tertiary/aromatic N) is 2. The molecule has 104 valence electrons. The predicted molar refractivity (Wildman–Crippen MR) is 75.0 cm³/mol. The Bertz CT molecular complexity index is 270. The molecule has 0 bridgehead atoms. The molecule has 5 heteroatoms. The molecule has 0 aromatic heterocycles. The van der Waals surface area contributed by atoms with E-state index >= 15 is 0 Å². The molecule has 2 aliphatic heterocycles. The van der Waals surface area contributed by atoms with Crippen LogP contribution in [0, 0.1) is 0 Å². The molecule has 2 fully saturated rings. The third kappa shape index (κ3) is 4.14. The molecule has 2 heterocycles. The van der Waals surface area contributed by atoms with Gasteiger partial charge in [-0.25, -0.2) is 0 Å². The Morgan fingerprint density at radius 2 is 1.94 bits per heavy atom. The quantitative estimate of drug-likeness (QED) is 0.752. The van der Waals surface area contributed by atoms with Crippen LogP contribution in [0.4, 0.5) is 0 Å². The highest BCUT2D eigenvalue weighted by Gasteiger charge is 2.26. The van der Waals surface area contributed by atoms with Gasteiger partial charge in [0.05, 0.1) is 18.8 Å². The average Bonchev–Trinajstić information content (AvgIpc) is 2.56. The molecule has 2 saturated heterocycles. The highest BCUT2D eigenvalue weighted by Crippen LogP contribution is 2.13. The number of thioether (sulfide) groups is 1. The summed E-state index contributed by atoms with van der Waals surface area (Å²) >= 11 is 2.00. The van der Waals surface area contributed by atoms with Gasteiger partial charge in [0.25, 0.3) is 0 Å². The summed E-state index contributed by atoms with van der Waals surface area (Å²) in [6.45, 7) is 8.26. The van der Waals surface area contributed by atoms with Gasteiger partial charge in [0, 0.05) is 25.4 Å². The topological polar surface area (TPSA) is 32.8 Å². The van der Waals surface area contributed by atoms with Crippen molar-refractivity contribution < 1.29 is 9.53 Å². The van der Waals surface area contributed by atoms with E-state index in [1.54, 1.807) is 0 Å². The molecule has 2 rings (SSSR count). The second kappa shape index (κ2) is 6.78. The fraction of sp³-hybridized carbons (Fsp3) is 0.923. The lowest BCUT2D eigenvalue weighted by Gasteiger charge is -2.36. The molecule has 0 aromatic carbocycles. The number of amides is 1. The number of hydrogen-bond acceptors (Lipinski definition) is 4. The normalized spacial score (nSPS) is 31.1. The van der Waals surface area contributed by atoms with Crippen molar-refractivity contribution in [2.75, 3.05) is 44.2 Å². The van der Waals surface area contributed by atoms with E-state index in [-0.39, 0.29) is 18.1 Å². The van der Waals surface area contributed by atoms with E-state index in [1.165, 1.54) is 12.2 Å². The van der Waals surface area contributed by atoms with Crippen molar-refractivity contribution in [1.82, 2.24) is 9.80 Å². The van der Waals surface area contributed by atoms with Crippen molar-refractivity contribution in [3.8, 4) is 0 Å². The first-order valence-corrected chi connectivity index (χ1v) is 8.04. The van der Waals surface area contributed by atoms with Gasteiger partial charge < -0.3 is 9.64 Å².